The first-order chi connectivity index (χ1) is 7.33. The van der Waals surface area contributed by atoms with Crippen LogP contribution in [-0.4, -0.2) is 11.3 Å². The van der Waals surface area contributed by atoms with Gasteiger partial charge in [0.2, 0.25) is 0 Å². The maximum absolute atomic E-state index is 12.0. The van der Waals surface area contributed by atoms with Crippen molar-refractivity contribution in [3.63, 3.8) is 0 Å². The zero-order valence-corrected chi connectivity index (χ0v) is 8.18. The van der Waals surface area contributed by atoms with Crippen molar-refractivity contribution in [3.05, 3.63) is 27.7 Å². The largest absolute Gasteiger partial charge is 0.573 e. The van der Waals surface area contributed by atoms with E-state index in [0.717, 1.165) is 6.07 Å². The average molecular weight is 232 g/mol. The third-order valence-corrected chi connectivity index (χ3v) is 1.78. The van der Waals surface area contributed by atoms with Crippen LogP contribution in [0.2, 0.25) is 0 Å². The SMILES string of the molecule is Cc1c(OC(F)(F)F)cc(CC#N)[nH]c1=O. The molecule has 0 aromatic carbocycles. The number of halogens is 3. The number of nitriles is 1. The summed E-state index contributed by atoms with van der Waals surface area (Å²) in [4.78, 5) is 13.5. The monoisotopic (exact) mass is 232 g/mol. The number of aromatic nitrogens is 1. The molecular weight excluding hydrogens is 225 g/mol. The van der Waals surface area contributed by atoms with Crippen LogP contribution in [0.15, 0.2) is 10.9 Å². The maximum atomic E-state index is 12.0. The predicted molar refractivity (Wildman–Crippen MR) is 47.8 cm³/mol. The molecule has 0 bridgehead atoms. The molecule has 1 aromatic rings. The Labute approximate surface area is 88.3 Å². The van der Waals surface area contributed by atoms with E-state index in [4.69, 9.17) is 5.26 Å². The number of hydrogen-bond acceptors (Lipinski definition) is 3. The average Bonchev–Trinajstić information content (AvgIpc) is 2.11. The number of aromatic amines is 1. The van der Waals surface area contributed by atoms with Crippen LogP contribution in [-0.2, 0) is 6.42 Å². The van der Waals surface area contributed by atoms with Gasteiger partial charge >= 0.3 is 6.36 Å². The van der Waals surface area contributed by atoms with E-state index in [9.17, 15) is 18.0 Å². The van der Waals surface area contributed by atoms with E-state index in [1.807, 2.05) is 0 Å². The highest BCUT2D eigenvalue weighted by molar-refractivity contribution is 5.33. The molecule has 86 valence electrons. The van der Waals surface area contributed by atoms with Crippen LogP contribution >= 0.6 is 0 Å². The first-order valence-electron chi connectivity index (χ1n) is 4.19. The molecule has 4 nitrogen and oxygen atoms in total. The molecule has 1 N–H and O–H groups in total. The fraction of sp³-hybridized carbons (Fsp3) is 0.333. The van der Waals surface area contributed by atoms with Crippen molar-refractivity contribution < 1.29 is 17.9 Å². The highest BCUT2D eigenvalue weighted by Gasteiger charge is 2.32. The minimum Gasteiger partial charge on any atom is -0.405 e. The van der Waals surface area contributed by atoms with Crippen molar-refractivity contribution in [1.29, 1.82) is 5.26 Å². The van der Waals surface area contributed by atoms with Crippen LogP contribution in [0.4, 0.5) is 13.2 Å². The van der Waals surface area contributed by atoms with Gasteiger partial charge in [-0.05, 0) is 6.92 Å². The molecule has 0 amide bonds. The minimum atomic E-state index is -4.86. The Kier molecular flexibility index (Phi) is 3.22. The summed E-state index contributed by atoms with van der Waals surface area (Å²) < 4.78 is 39.6. The quantitative estimate of drug-likeness (QED) is 0.842. The second kappa shape index (κ2) is 4.26. The number of alkyl halides is 3. The minimum absolute atomic E-state index is 0.0809. The lowest BCUT2D eigenvalue weighted by atomic mass is 10.2. The first-order valence-corrected chi connectivity index (χ1v) is 4.19. The Morgan fingerprint density at radius 2 is 2.19 bits per heavy atom. The van der Waals surface area contributed by atoms with Gasteiger partial charge in [-0.15, -0.1) is 13.2 Å². The number of nitrogens with zero attached hydrogens (tertiary/aromatic N) is 1. The van der Waals surface area contributed by atoms with Crippen molar-refractivity contribution >= 4 is 0 Å². The summed E-state index contributed by atoms with van der Waals surface area (Å²) in [5.74, 6) is -0.582. The number of H-pyrrole nitrogens is 1. The molecule has 1 aromatic heterocycles. The van der Waals surface area contributed by atoms with Gasteiger partial charge in [0.1, 0.15) is 5.75 Å². The Hall–Kier alpha value is -1.97. The molecule has 0 aliphatic carbocycles. The standard InChI is InChI=1S/C9H7F3N2O2/c1-5-7(16-9(10,11)12)4-6(2-3-13)14-8(5)15/h4H,2H2,1H3,(H,14,15). The summed E-state index contributed by atoms with van der Waals surface area (Å²) in [6.07, 6.45) is -5.05. The van der Waals surface area contributed by atoms with Gasteiger partial charge in [-0.1, -0.05) is 0 Å². The van der Waals surface area contributed by atoms with Crippen molar-refractivity contribution in [2.24, 2.45) is 0 Å². The van der Waals surface area contributed by atoms with Gasteiger partial charge in [0.15, 0.2) is 0 Å². The summed E-state index contributed by atoms with van der Waals surface area (Å²) in [5, 5.41) is 8.37. The molecular formula is C9H7F3N2O2. The molecule has 0 aliphatic rings. The van der Waals surface area contributed by atoms with E-state index in [0.29, 0.717) is 0 Å². The van der Waals surface area contributed by atoms with Crippen molar-refractivity contribution in [3.8, 4) is 11.8 Å². The van der Waals surface area contributed by atoms with E-state index in [-0.39, 0.29) is 17.7 Å². The number of nitrogens with one attached hydrogen (secondary N) is 1. The van der Waals surface area contributed by atoms with E-state index in [1.54, 1.807) is 6.07 Å². The van der Waals surface area contributed by atoms with Crippen LogP contribution < -0.4 is 10.3 Å². The molecule has 0 spiro atoms. The third kappa shape index (κ3) is 3.02. The predicted octanol–water partition coefficient (Wildman–Crippen LogP) is 1.65. The van der Waals surface area contributed by atoms with Crippen molar-refractivity contribution in [2.45, 2.75) is 19.7 Å². The number of ether oxygens (including phenoxy) is 1. The van der Waals surface area contributed by atoms with Gasteiger partial charge in [0.05, 0.1) is 18.1 Å². The Bertz CT molecular complexity index is 485. The normalized spacial score (nSPS) is 10.9. The van der Waals surface area contributed by atoms with Crippen LogP contribution in [0.1, 0.15) is 11.3 Å². The molecule has 0 aliphatic heterocycles. The van der Waals surface area contributed by atoms with Crippen LogP contribution in [0.3, 0.4) is 0 Å². The van der Waals surface area contributed by atoms with Crippen LogP contribution in [0.5, 0.6) is 5.75 Å². The molecule has 1 heterocycles. The van der Waals surface area contributed by atoms with Crippen LogP contribution in [0, 0.1) is 18.3 Å². The maximum Gasteiger partial charge on any atom is 0.573 e. The molecule has 0 saturated carbocycles. The zero-order valence-electron chi connectivity index (χ0n) is 8.18. The lowest BCUT2D eigenvalue weighted by Gasteiger charge is -2.11. The van der Waals surface area contributed by atoms with Gasteiger partial charge < -0.3 is 9.72 Å². The van der Waals surface area contributed by atoms with Crippen molar-refractivity contribution in [2.75, 3.05) is 0 Å². The molecule has 0 unspecified atom stereocenters. The molecule has 0 saturated heterocycles. The summed E-state index contributed by atoms with van der Waals surface area (Å²) in [6, 6.07) is 2.71. The molecule has 16 heavy (non-hydrogen) atoms. The topological polar surface area (TPSA) is 65.9 Å². The third-order valence-electron chi connectivity index (χ3n) is 1.78. The lowest BCUT2D eigenvalue weighted by Crippen LogP contribution is -2.21. The lowest BCUT2D eigenvalue weighted by molar-refractivity contribution is -0.274. The van der Waals surface area contributed by atoms with Crippen LogP contribution in [0.25, 0.3) is 0 Å². The summed E-state index contributed by atoms with van der Waals surface area (Å²) in [7, 11) is 0. The fourth-order valence-electron chi connectivity index (χ4n) is 1.07. The van der Waals surface area contributed by atoms with Gasteiger partial charge in [-0.25, -0.2) is 0 Å². The Morgan fingerprint density at radius 1 is 1.56 bits per heavy atom. The molecule has 0 radical (unpaired) electrons. The second-order valence-corrected chi connectivity index (χ2v) is 3.00. The highest BCUT2D eigenvalue weighted by atomic mass is 19.4. The second-order valence-electron chi connectivity index (χ2n) is 3.00. The van der Waals surface area contributed by atoms with E-state index in [1.165, 1.54) is 6.92 Å². The molecule has 7 heteroatoms. The molecule has 0 fully saturated rings. The van der Waals surface area contributed by atoms with E-state index in [2.05, 4.69) is 9.72 Å². The summed E-state index contributed by atoms with van der Waals surface area (Å²) in [6.45, 7) is 1.20. The Morgan fingerprint density at radius 3 is 2.69 bits per heavy atom. The molecule has 1 rings (SSSR count). The summed E-state index contributed by atoms with van der Waals surface area (Å²) >= 11 is 0. The fourth-order valence-corrected chi connectivity index (χ4v) is 1.07. The Balaban J connectivity index is 3.18. The highest BCUT2D eigenvalue weighted by Crippen LogP contribution is 2.24. The number of rotatable bonds is 2. The van der Waals surface area contributed by atoms with Crippen molar-refractivity contribution in [1.82, 2.24) is 4.98 Å². The van der Waals surface area contributed by atoms with Gasteiger partial charge in [0, 0.05) is 11.8 Å². The smallest absolute Gasteiger partial charge is 0.405 e. The van der Waals surface area contributed by atoms with E-state index < -0.39 is 17.7 Å². The van der Waals surface area contributed by atoms with Gasteiger partial charge in [0.25, 0.3) is 5.56 Å². The van der Waals surface area contributed by atoms with E-state index >= 15 is 0 Å². The number of pyridine rings is 1. The molecule has 0 atom stereocenters. The number of hydrogen-bond donors (Lipinski definition) is 1. The first kappa shape index (κ1) is 12.1. The van der Waals surface area contributed by atoms with Gasteiger partial charge in [-0.3, -0.25) is 4.79 Å². The zero-order chi connectivity index (χ0) is 12.3. The summed E-state index contributed by atoms with van der Waals surface area (Å²) in [5.41, 5.74) is -0.802. The van der Waals surface area contributed by atoms with Gasteiger partial charge in [-0.2, -0.15) is 5.26 Å².